The normalized spacial score (nSPS) is 13.6. The van der Waals surface area contributed by atoms with E-state index >= 15 is 0 Å². The number of pyridine rings is 1. The molecule has 1 aliphatic heterocycles. The summed E-state index contributed by atoms with van der Waals surface area (Å²) in [6, 6.07) is 9.20. The first-order valence-corrected chi connectivity index (χ1v) is 7.66. The highest BCUT2D eigenvalue weighted by Crippen LogP contribution is 2.38. The number of ether oxygens (including phenoxy) is 2. The number of hydrogen-bond donors (Lipinski definition) is 2. The van der Waals surface area contributed by atoms with E-state index in [9.17, 15) is 0 Å². The standard InChI is InChI=1S/C16H17ClN4O2.HI/c17-12-8-11(9-13-15(12)23-7-3-6-22-13)10-20-16(18)21-14-4-1-2-5-19-14;/h1-2,4-5,8-9H,3,6-7,10H2,(H3,18,19,20,21);1H. The number of nitrogens with one attached hydrogen (secondary N) is 1. The Balaban J connectivity index is 0.00000208. The van der Waals surface area contributed by atoms with Crippen LogP contribution in [0, 0.1) is 0 Å². The fraction of sp³-hybridized carbons (Fsp3) is 0.250. The van der Waals surface area contributed by atoms with E-state index < -0.39 is 0 Å². The van der Waals surface area contributed by atoms with Crippen LogP contribution in [0.5, 0.6) is 11.5 Å². The highest BCUT2D eigenvalue weighted by Gasteiger charge is 2.15. The first kappa shape index (κ1) is 18.6. The smallest absolute Gasteiger partial charge is 0.194 e. The summed E-state index contributed by atoms with van der Waals surface area (Å²) in [5, 5.41) is 3.45. The number of fused-ring (bicyclic) bond motifs is 1. The van der Waals surface area contributed by atoms with Crippen molar-refractivity contribution >= 4 is 47.4 Å². The molecule has 0 saturated carbocycles. The quantitative estimate of drug-likeness (QED) is 0.417. The molecule has 0 fully saturated rings. The van der Waals surface area contributed by atoms with Crippen molar-refractivity contribution in [3.8, 4) is 11.5 Å². The van der Waals surface area contributed by atoms with Gasteiger partial charge in [0, 0.05) is 12.6 Å². The Labute approximate surface area is 162 Å². The van der Waals surface area contributed by atoms with Crippen LogP contribution in [0.2, 0.25) is 5.02 Å². The molecule has 1 aromatic heterocycles. The topological polar surface area (TPSA) is 81.8 Å². The van der Waals surface area contributed by atoms with Gasteiger partial charge >= 0.3 is 0 Å². The van der Waals surface area contributed by atoms with Gasteiger partial charge in [0.05, 0.1) is 24.8 Å². The molecule has 3 rings (SSSR count). The molecule has 0 spiro atoms. The molecule has 1 aromatic carbocycles. The fourth-order valence-corrected chi connectivity index (χ4v) is 2.45. The monoisotopic (exact) mass is 460 g/mol. The Morgan fingerprint density at radius 3 is 2.92 bits per heavy atom. The summed E-state index contributed by atoms with van der Waals surface area (Å²) in [5.41, 5.74) is 6.76. The average Bonchev–Trinajstić information content (AvgIpc) is 2.80. The van der Waals surface area contributed by atoms with Gasteiger partial charge in [0.1, 0.15) is 5.82 Å². The van der Waals surface area contributed by atoms with Crippen molar-refractivity contribution in [2.75, 3.05) is 18.5 Å². The highest BCUT2D eigenvalue weighted by molar-refractivity contribution is 14.0. The second-order valence-corrected chi connectivity index (χ2v) is 5.40. The van der Waals surface area contributed by atoms with Gasteiger partial charge in [-0.2, -0.15) is 0 Å². The fourth-order valence-electron chi connectivity index (χ4n) is 2.16. The van der Waals surface area contributed by atoms with E-state index in [-0.39, 0.29) is 29.9 Å². The number of nitrogens with zero attached hydrogens (tertiary/aromatic N) is 2. The van der Waals surface area contributed by atoms with Crippen LogP contribution < -0.4 is 20.5 Å². The summed E-state index contributed by atoms with van der Waals surface area (Å²) in [6.07, 6.45) is 2.51. The van der Waals surface area contributed by atoms with E-state index in [1.54, 1.807) is 6.20 Å². The van der Waals surface area contributed by atoms with Crippen LogP contribution in [0.15, 0.2) is 41.5 Å². The molecule has 3 N–H and O–H groups in total. The molecule has 2 aromatic rings. The lowest BCUT2D eigenvalue weighted by Gasteiger charge is -2.11. The molecular formula is C16H18ClIN4O2. The molecule has 0 amide bonds. The van der Waals surface area contributed by atoms with Crippen LogP contribution in [-0.2, 0) is 6.54 Å². The van der Waals surface area contributed by atoms with Crippen LogP contribution in [0.4, 0.5) is 5.82 Å². The van der Waals surface area contributed by atoms with Gasteiger partial charge in [0.2, 0.25) is 0 Å². The first-order chi connectivity index (χ1) is 11.2. The van der Waals surface area contributed by atoms with Gasteiger partial charge in [0.15, 0.2) is 17.5 Å². The second kappa shape index (κ2) is 8.93. The van der Waals surface area contributed by atoms with Crippen LogP contribution in [-0.4, -0.2) is 24.2 Å². The van der Waals surface area contributed by atoms with Crippen LogP contribution >= 0.6 is 35.6 Å². The van der Waals surface area contributed by atoms with Crippen molar-refractivity contribution in [2.45, 2.75) is 13.0 Å². The third-order valence-electron chi connectivity index (χ3n) is 3.21. The molecule has 0 saturated heterocycles. The van der Waals surface area contributed by atoms with E-state index in [4.69, 9.17) is 26.8 Å². The number of halogens is 2. The third kappa shape index (κ3) is 4.88. The summed E-state index contributed by atoms with van der Waals surface area (Å²) < 4.78 is 11.3. The van der Waals surface area contributed by atoms with E-state index in [0.29, 0.717) is 42.1 Å². The number of hydrogen-bond acceptors (Lipinski definition) is 4. The summed E-state index contributed by atoms with van der Waals surface area (Å²) in [7, 11) is 0. The SMILES string of the molecule is I.NC(=NCc1cc(Cl)c2c(c1)OCCCO2)Nc1ccccn1. The van der Waals surface area contributed by atoms with Gasteiger partial charge in [0.25, 0.3) is 0 Å². The lowest BCUT2D eigenvalue weighted by molar-refractivity contribution is 0.297. The number of rotatable bonds is 3. The van der Waals surface area contributed by atoms with Gasteiger partial charge in [-0.15, -0.1) is 24.0 Å². The van der Waals surface area contributed by atoms with Crippen molar-refractivity contribution in [3.63, 3.8) is 0 Å². The Kier molecular flexibility index (Phi) is 6.92. The zero-order valence-corrected chi connectivity index (χ0v) is 16.0. The molecule has 0 aliphatic carbocycles. The van der Waals surface area contributed by atoms with Crippen molar-refractivity contribution < 1.29 is 9.47 Å². The lowest BCUT2D eigenvalue weighted by atomic mass is 10.2. The number of guanidine groups is 1. The van der Waals surface area contributed by atoms with Crippen LogP contribution in [0.1, 0.15) is 12.0 Å². The molecule has 0 bridgehead atoms. The van der Waals surface area contributed by atoms with Gasteiger partial charge in [-0.05, 0) is 29.8 Å². The summed E-state index contributed by atoms with van der Waals surface area (Å²) >= 11 is 6.25. The van der Waals surface area contributed by atoms with Crippen molar-refractivity contribution in [2.24, 2.45) is 10.7 Å². The zero-order chi connectivity index (χ0) is 16.1. The van der Waals surface area contributed by atoms with Gasteiger partial charge in [-0.3, -0.25) is 0 Å². The molecule has 0 unspecified atom stereocenters. The third-order valence-corrected chi connectivity index (χ3v) is 3.50. The minimum atomic E-state index is 0. The van der Waals surface area contributed by atoms with E-state index in [1.165, 1.54) is 0 Å². The molecule has 0 atom stereocenters. The first-order valence-electron chi connectivity index (χ1n) is 7.28. The molecule has 8 heteroatoms. The van der Waals surface area contributed by atoms with Crippen molar-refractivity contribution in [1.29, 1.82) is 0 Å². The Morgan fingerprint density at radius 2 is 2.12 bits per heavy atom. The molecule has 1 aliphatic rings. The number of benzene rings is 1. The summed E-state index contributed by atoms with van der Waals surface area (Å²) in [5.74, 6) is 2.17. The number of nitrogens with two attached hydrogens (primary N) is 1. The Bertz CT molecular complexity index is 713. The molecule has 6 nitrogen and oxygen atoms in total. The van der Waals surface area contributed by atoms with E-state index in [2.05, 4.69) is 15.3 Å². The minimum Gasteiger partial charge on any atom is -0.489 e. The maximum atomic E-state index is 6.25. The minimum absolute atomic E-state index is 0. The maximum absolute atomic E-state index is 6.25. The molecule has 128 valence electrons. The summed E-state index contributed by atoms with van der Waals surface area (Å²) in [4.78, 5) is 8.42. The zero-order valence-electron chi connectivity index (χ0n) is 12.9. The lowest BCUT2D eigenvalue weighted by Crippen LogP contribution is -2.23. The molecule has 0 radical (unpaired) electrons. The van der Waals surface area contributed by atoms with Gasteiger partial charge in [-0.25, -0.2) is 9.98 Å². The Hall–Kier alpha value is -1.74. The predicted molar refractivity (Wildman–Crippen MR) is 106 cm³/mol. The molecular weight excluding hydrogens is 443 g/mol. The van der Waals surface area contributed by atoms with E-state index in [1.807, 2.05) is 30.3 Å². The summed E-state index contributed by atoms with van der Waals surface area (Å²) in [6.45, 7) is 1.59. The van der Waals surface area contributed by atoms with Gasteiger partial charge in [-0.1, -0.05) is 17.7 Å². The number of aliphatic imine (C=N–C) groups is 1. The number of anilines is 1. The largest absolute Gasteiger partial charge is 0.489 e. The molecule has 2 heterocycles. The predicted octanol–water partition coefficient (Wildman–Crippen LogP) is 3.44. The maximum Gasteiger partial charge on any atom is 0.194 e. The van der Waals surface area contributed by atoms with Crippen molar-refractivity contribution in [1.82, 2.24) is 4.98 Å². The van der Waals surface area contributed by atoms with Crippen LogP contribution in [0.3, 0.4) is 0 Å². The van der Waals surface area contributed by atoms with Gasteiger partial charge < -0.3 is 20.5 Å². The average molecular weight is 461 g/mol. The van der Waals surface area contributed by atoms with Crippen LogP contribution in [0.25, 0.3) is 0 Å². The Morgan fingerprint density at radius 1 is 1.29 bits per heavy atom. The van der Waals surface area contributed by atoms with Crippen molar-refractivity contribution in [3.05, 3.63) is 47.1 Å². The highest BCUT2D eigenvalue weighted by atomic mass is 127. The second-order valence-electron chi connectivity index (χ2n) is 5.00. The molecule has 24 heavy (non-hydrogen) atoms. The van der Waals surface area contributed by atoms with E-state index in [0.717, 1.165) is 12.0 Å². The number of aromatic nitrogens is 1.